The molecule has 106 valence electrons. The van der Waals surface area contributed by atoms with Crippen molar-refractivity contribution in [2.75, 3.05) is 6.54 Å². The first kappa shape index (κ1) is 13.2. The molecule has 0 unspecified atom stereocenters. The summed E-state index contributed by atoms with van der Waals surface area (Å²) in [5.41, 5.74) is 0. The number of hydrogen-bond donors (Lipinski definition) is 1. The molecule has 3 nitrogen and oxygen atoms in total. The Morgan fingerprint density at radius 2 is 2.00 bits per heavy atom. The van der Waals surface area contributed by atoms with E-state index in [1.165, 1.54) is 45.1 Å². The molecule has 3 rings (SSSR count). The molecule has 0 saturated heterocycles. The normalized spacial score (nSPS) is 19.3. The number of rotatable bonds is 9. The third-order valence-corrected chi connectivity index (χ3v) is 4.08. The molecule has 0 radical (unpaired) electrons. The van der Waals surface area contributed by atoms with Crippen LogP contribution in [0.5, 0.6) is 0 Å². The van der Waals surface area contributed by atoms with Gasteiger partial charge < -0.3 is 9.73 Å². The molecule has 2 fully saturated rings. The smallest absolute Gasteiger partial charge is 0.118 e. The van der Waals surface area contributed by atoms with E-state index in [1.54, 1.807) is 0 Å². The number of nitrogens with zero attached hydrogens (tertiary/aromatic N) is 1. The van der Waals surface area contributed by atoms with Crippen molar-refractivity contribution in [3.05, 3.63) is 23.7 Å². The lowest BCUT2D eigenvalue weighted by atomic mass is 10.3. The molecule has 3 heteroatoms. The van der Waals surface area contributed by atoms with Gasteiger partial charge in [0.25, 0.3) is 0 Å². The van der Waals surface area contributed by atoms with Gasteiger partial charge >= 0.3 is 0 Å². The fourth-order valence-corrected chi connectivity index (χ4v) is 2.53. The second-order valence-electron chi connectivity index (χ2n) is 6.08. The molecule has 0 aliphatic heterocycles. The maximum atomic E-state index is 5.95. The summed E-state index contributed by atoms with van der Waals surface area (Å²) in [5.74, 6) is 2.23. The van der Waals surface area contributed by atoms with E-state index in [9.17, 15) is 0 Å². The Labute approximate surface area is 116 Å². The first-order chi connectivity index (χ1) is 9.35. The van der Waals surface area contributed by atoms with Crippen LogP contribution >= 0.6 is 0 Å². The van der Waals surface area contributed by atoms with Gasteiger partial charge in [-0.05, 0) is 50.8 Å². The Kier molecular flexibility index (Phi) is 4.24. The molecular formula is C16H26N2O. The first-order valence-corrected chi connectivity index (χ1v) is 7.90. The van der Waals surface area contributed by atoms with Gasteiger partial charge in [0, 0.05) is 12.1 Å². The molecule has 0 bridgehead atoms. The predicted molar refractivity (Wildman–Crippen MR) is 76.9 cm³/mol. The Bertz CT molecular complexity index is 393. The molecule has 1 heterocycles. The Balaban J connectivity index is 1.49. The number of unbranched alkanes of at least 4 members (excludes halogenated alkanes) is 1. The lowest BCUT2D eigenvalue weighted by Crippen LogP contribution is -2.26. The Morgan fingerprint density at radius 1 is 1.21 bits per heavy atom. The highest BCUT2D eigenvalue weighted by Crippen LogP contribution is 2.29. The van der Waals surface area contributed by atoms with Crippen LogP contribution in [0.15, 0.2) is 16.5 Å². The van der Waals surface area contributed by atoms with E-state index < -0.39 is 0 Å². The average Bonchev–Trinajstić information content (AvgIpc) is 3.32. The molecule has 0 atom stereocenters. The number of furan rings is 1. The van der Waals surface area contributed by atoms with Crippen LogP contribution in [-0.2, 0) is 13.1 Å². The molecule has 19 heavy (non-hydrogen) atoms. The zero-order valence-electron chi connectivity index (χ0n) is 12.0. The van der Waals surface area contributed by atoms with Gasteiger partial charge in [-0.1, -0.05) is 13.3 Å². The molecule has 1 N–H and O–H groups in total. The minimum Gasteiger partial charge on any atom is -0.463 e. The topological polar surface area (TPSA) is 28.4 Å². The summed E-state index contributed by atoms with van der Waals surface area (Å²) in [7, 11) is 0. The van der Waals surface area contributed by atoms with Crippen molar-refractivity contribution in [3.63, 3.8) is 0 Å². The monoisotopic (exact) mass is 262 g/mol. The summed E-state index contributed by atoms with van der Waals surface area (Å²) in [6, 6.07) is 5.87. The van der Waals surface area contributed by atoms with E-state index in [0.717, 1.165) is 36.7 Å². The summed E-state index contributed by atoms with van der Waals surface area (Å²) in [4.78, 5) is 2.60. The van der Waals surface area contributed by atoms with E-state index in [-0.39, 0.29) is 0 Å². The van der Waals surface area contributed by atoms with Crippen molar-refractivity contribution >= 4 is 0 Å². The van der Waals surface area contributed by atoms with Crippen LogP contribution in [-0.4, -0.2) is 23.5 Å². The van der Waals surface area contributed by atoms with Gasteiger partial charge in [0.2, 0.25) is 0 Å². The van der Waals surface area contributed by atoms with E-state index in [0.29, 0.717) is 0 Å². The summed E-state index contributed by atoms with van der Waals surface area (Å²) < 4.78 is 5.95. The van der Waals surface area contributed by atoms with Crippen molar-refractivity contribution in [3.8, 4) is 0 Å². The molecular weight excluding hydrogens is 236 g/mol. The van der Waals surface area contributed by atoms with Gasteiger partial charge in [-0.2, -0.15) is 0 Å². The molecule has 0 spiro atoms. The average molecular weight is 262 g/mol. The highest BCUT2D eigenvalue weighted by atomic mass is 16.3. The van der Waals surface area contributed by atoms with E-state index in [4.69, 9.17) is 4.42 Å². The maximum Gasteiger partial charge on any atom is 0.118 e. The van der Waals surface area contributed by atoms with Crippen molar-refractivity contribution < 1.29 is 4.42 Å². The van der Waals surface area contributed by atoms with Crippen LogP contribution in [0.3, 0.4) is 0 Å². The van der Waals surface area contributed by atoms with Crippen LogP contribution in [0.25, 0.3) is 0 Å². The second-order valence-corrected chi connectivity index (χ2v) is 6.08. The fourth-order valence-electron chi connectivity index (χ4n) is 2.53. The zero-order valence-corrected chi connectivity index (χ0v) is 12.0. The van der Waals surface area contributed by atoms with Crippen LogP contribution in [0.4, 0.5) is 0 Å². The molecule has 2 saturated carbocycles. The fraction of sp³-hybridized carbons (Fsp3) is 0.750. The lowest BCUT2D eigenvalue weighted by Gasteiger charge is -2.20. The third-order valence-electron chi connectivity index (χ3n) is 4.08. The largest absolute Gasteiger partial charge is 0.463 e. The molecule has 1 aromatic heterocycles. The van der Waals surface area contributed by atoms with Crippen molar-refractivity contribution in [2.45, 2.75) is 70.6 Å². The van der Waals surface area contributed by atoms with E-state index in [1.807, 2.05) is 0 Å². The summed E-state index contributed by atoms with van der Waals surface area (Å²) in [5, 5.41) is 3.50. The highest BCUT2D eigenvalue weighted by molar-refractivity contribution is 5.08. The molecule has 1 aromatic rings. The minimum absolute atomic E-state index is 0.751. The Morgan fingerprint density at radius 3 is 2.68 bits per heavy atom. The number of hydrogen-bond acceptors (Lipinski definition) is 3. The van der Waals surface area contributed by atoms with Gasteiger partial charge in [0.15, 0.2) is 0 Å². The molecule has 2 aliphatic carbocycles. The SMILES string of the molecule is CCCCN(Cc1ccc(CNC2CC2)o1)C1CC1. The molecule has 0 aromatic carbocycles. The number of nitrogens with one attached hydrogen (secondary N) is 1. The van der Waals surface area contributed by atoms with Crippen LogP contribution < -0.4 is 5.32 Å². The van der Waals surface area contributed by atoms with E-state index >= 15 is 0 Å². The van der Waals surface area contributed by atoms with Gasteiger partial charge in [-0.15, -0.1) is 0 Å². The summed E-state index contributed by atoms with van der Waals surface area (Å²) in [6.07, 6.45) is 7.99. The van der Waals surface area contributed by atoms with Gasteiger partial charge in [-0.3, -0.25) is 4.90 Å². The predicted octanol–water partition coefficient (Wildman–Crippen LogP) is 3.30. The summed E-state index contributed by atoms with van der Waals surface area (Å²) in [6.45, 7) is 5.37. The van der Waals surface area contributed by atoms with E-state index in [2.05, 4.69) is 29.3 Å². The van der Waals surface area contributed by atoms with Crippen molar-refractivity contribution in [2.24, 2.45) is 0 Å². The summed E-state index contributed by atoms with van der Waals surface area (Å²) >= 11 is 0. The maximum absolute atomic E-state index is 5.95. The quantitative estimate of drug-likeness (QED) is 0.740. The first-order valence-electron chi connectivity index (χ1n) is 7.90. The third kappa shape index (κ3) is 4.08. The highest BCUT2D eigenvalue weighted by Gasteiger charge is 2.29. The minimum atomic E-state index is 0.751. The van der Waals surface area contributed by atoms with Crippen LogP contribution in [0, 0.1) is 0 Å². The van der Waals surface area contributed by atoms with Gasteiger partial charge in [-0.25, -0.2) is 0 Å². The Hall–Kier alpha value is -0.800. The standard InChI is InChI=1S/C16H26N2O/c1-2-3-10-18(14-6-7-14)12-16-9-8-15(19-16)11-17-13-4-5-13/h8-9,13-14,17H,2-7,10-12H2,1H3. The van der Waals surface area contributed by atoms with Crippen molar-refractivity contribution in [1.82, 2.24) is 10.2 Å². The molecule has 0 amide bonds. The van der Waals surface area contributed by atoms with Crippen LogP contribution in [0.2, 0.25) is 0 Å². The van der Waals surface area contributed by atoms with Gasteiger partial charge in [0.05, 0.1) is 13.1 Å². The van der Waals surface area contributed by atoms with Crippen LogP contribution in [0.1, 0.15) is 57.0 Å². The zero-order chi connectivity index (χ0) is 13.1. The van der Waals surface area contributed by atoms with Gasteiger partial charge in [0.1, 0.15) is 11.5 Å². The molecule has 2 aliphatic rings. The second kappa shape index (κ2) is 6.10. The lowest BCUT2D eigenvalue weighted by molar-refractivity contribution is 0.228. The van der Waals surface area contributed by atoms with Crippen molar-refractivity contribution in [1.29, 1.82) is 0 Å².